The van der Waals surface area contributed by atoms with Crippen molar-refractivity contribution in [3.8, 4) is 11.8 Å². The van der Waals surface area contributed by atoms with Crippen molar-refractivity contribution < 1.29 is 9.13 Å². The van der Waals surface area contributed by atoms with Crippen molar-refractivity contribution in [2.24, 2.45) is 0 Å². The molecule has 20 heavy (non-hydrogen) atoms. The van der Waals surface area contributed by atoms with E-state index >= 15 is 0 Å². The highest BCUT2D eigenvalue weighted by atomic mass is 35.5. The standard InChI is InChI=1S/C15H10Cl2FNO/c16-7-12-6-13(18)3-4-15(12)20-9-11-2-1-10(8-19)5-14(11)17/h1-6H,7,9H2. The molecule has 0 atom stereocenters. The summed E-state index contributed by atoms with van der Waals surface area (Å²) in [6.07, 6.45) is 0. The fourth-order valence-corrected chi connectivity index (χ4v) is 2.13. The quantitative estimate of drug-likeness (QED) is 0.769. The summed E-state index contributed by atoms with van der Waals surface area (Å²) in [5.74, 6) is 0.319. The molecule has 0 fully saturated rings. The highest BCUT2D eigenvalue weighted by Crippen LogP contribution is 2.24. The molecule has 0 aliphatic carbocycles. The van der Waals surface area contributed by atoms with Crippen LogP contribution in [-0.4, -0.2) is 0 Å². The van der Waals surface area contributed by atoms with E-state index < -0.39 is 0 Å². The lowest BCUT2D eigenvalue weighted by Gasteiger charge is -2.11. The summed E-state index contributed by atoms with van der Waals surface area (Å²) in [5, 5.41) is 9.22. The first-order valence-corrected chi connectivity index (χ1v) is 6.71. The zero-order valence-corrected chi connectivity index (χ0v) is 11.9. The summed E-state index contributed by atoms with van der Waals surface area (Å²) < 4.78 is 18.7. The molecule has 0 radical (unpaired) electrons. The number of benzene rings is 2. The highest BCUT2D eigenvalue weighted by Gasteiger charge is 2.07. The Kier molecular flexibility index (Phi) is 4.84. The predicted octanol–water partition coefficient (Wildman–Crippen LogP) is 4.67. The van der Waals surface area contributed by atoms with Gasteiger partial charge in [0.05, 0.1) is 17.5 Å². The minimum atomic E-state index is -0.357. The van der Waals surface area contributed by atoms with Crippen molar-refractivity contribution in [2.45, 2.75) is 12.5 Å². The maximum atomic E-state index is 13.1. The normalized spacial score (nSPS) is 10.1. The van der Waals surface area contributed by atoms with Gasteiger partial charge in [-0.2, -0.15) is 5.26 Å². The third-order valence-electron chi connectivity index (χ3n) is 2.73. The zero-order chi connectivity index (χ0) is 14.5. The number of nitriles is 1. The van der Waals surface area contributed by atoms with Gasteiger partial charge in [-0.15, -0.1) is 11.6 Å². The second-order valence-electron chi connectivity index (χ2n) is 4.09. The summed E-state index contributed by atoms with van der Waals surface area (Å²) in [4.78, 5) is 0. The molecule has 0 bridgehead atoms. The van der Waals surface area contributed by atoms with Crippen LogP contribution in [0.15, 0.2) is 36.4 Å². The molecule has 0 unspecified atom stereocenters. The summed E-state index contributed by atoms with van der Waals surface area (Å²) >= 11 is 11.8. The maximum Gasteiger partial charge on any atom is 0.124 e. The number of halogens is 3. The summed E-state index contributed by atoms with van der Waals surface area (Å²) in [6, 6.07) is 11.2. The Morgan fingerprint density at radius 1 is 1.15 bits per heavy atom. The van der Waals surface area contributed by atoms with Gasteiger partial charge in [-0.05, 0) is 30.3 Å². The minimum absolute atomic E-state index is 0.161. The van der Waals surface area contributed by atoms with E-state index in [0.717, 1.165) is 5.56 Å². The second-order valence-corrected chi connectivity index (χ2v) is 4.77. The van der Waals surface area contributed by atoms with Gasteiger partial charge in [-0.3, -0.25) is 0 Å². The molecule has 0 amide bonds. The topological polar surface area (TPSA) is 33.0 Å². The van der Waals surface area contributed by atoms with Crippen LogP contribution in [-0.2, 0) is 12.5 Å². The number of hydrogen-bond donors (Lipinski definition) is 0. The van der Waals surface area contributed by atoms with Gasteiger partial charge in [0.1, 0.15) is 18.2 Å². The Bertz CT molecular complexity index is 667. The highest BCUT2D eigenvalue weighted by molar-refractivity contribution is 6.31. The van der Waals surface area contributed by atoms with Gasteiger partial charge in [-0.25, -0.2) is 4.39 Å². The summed E-state index contributed by atoms with van der Waals surface area (Å²) in [5.41, 5.74) is 1.81. The smallest absolute Gasteiger partial charge is 0.124 e. The van der Waals surface area contributed by atoms with Gasteiger partial charge in [0, 0.05) is 16.1 Å². The Balaban J connectivity index is 2.15. The molecule has 0 heterocycles. The lowest BCUT2D eigenvalue weighted by Crippen LogP contribution is -1.99. The van der Waals surface area contributed by atoms with E-state index in [1.165, 1.54) is 18.2 Å². The van der Waals surface area contributed by atoms with E-state index in [0.29, 0.717) is 21.9 Å². The Morgan fingerprint density at radius 3 is 2.60 bits per heavy atom. The molecule has 0 aliphatic heterocycles. The van der Waals surface area contributed by atoms with Crippen molar-refractivity contribution in [1.82, 2.24) is 0 Å². The van der Waals surface area contributed by atoms with Crippen LogP contribution >= 0.6 is 23.2 Å². The van der Waals surface area contributed by atoms with E-state index in [1.807, 2.05) is 6.07 Å². The Hall–Kier alpha value is -1.76. The molecule has 2 nitrogen and oxygen atoms in total. The molecule has 0 spiro atoms. The van der Waals surface area contributed by atoms with Gasteiger partial charge in [0.2, 0.25) is 0 Å². The van der Waals surface area contributed by atoms with Crippen LogP contribution in [0.25, 0.3) is 0 Å². The maximum absolute atomic E-state index is 13.1. The number of hydrogen-bond acceptors (Lipinski definition) is 2. The van der Waals surface area contributed by atoms with Crippen molar-refractivity contribution in [2.75, 3.05) is 0 Å². The lowest BCUT2D eigenvalue weighted by molar-refractivity contribution is 0.303. The summed E-state index contributed by atoms with van der Waals surface area (Å²) in [7, 11) is 0. The minimum Gasteiger partial charge on any atom is -0.489 e. The van der Waals surface area contributed by atoms with E-state index in [9.17, 15) is 4.39 Å². The molecule has 5 heteroatoms. The third kappa shape index (κ3) is 3.41. The average Bonchev–Trinajstić information content (AvgIpc) is 2.46. The zero-order valence-electron chi connectivity index (χ0n) is 10.4. The number of rotatable bonds is 4. The Labute approximate surface area is 126 Å². The second kappa shape index (κ2) is 6.60. The lowest BCUT2D eigenvalue weighted by atomic mass is 10.1. The third-order valence-corrected chi connectivity index (χ3v) is 3.37. The first-order valence-electron chi connectivity index (χ1n) is 5.79. The molecular weight excluding hydrogens is 300 g/mol. The number of ether oxygens (including phenoxy) is 1. The van der Waals surface area contributed by atoms with E-state index in [1.54, 1.807) is 18.2 Å². The van der Waals surface area contributed by atoms with E-state index in [4.69, 9.17) is 33.2 Å². The van der Waals surface area contributed by atoms with Gasteiger partial charge in [0.25, 0.3) is 0 Å². The Morgan fingerprint density at radius 2 is 1.95 bits per heavy atom. The summed E-state index contributed by atoms with van der Waals surface area (Å²) in [6.45, 7) is 0.222. The van der Waals surface area contributed by atoms with Crippen LogP contribution in [0, 0.1) is 17.1 Å². The molecule has 2 rings (SSSR count). The molecule has 0 aliphatic rings. The largest absolute Gasteiger partial charge is 0.489 e. The molecule has 0 saturated carbocycles. The van der Waals surface area contributed by atoms with Crippen LogP contribution in [0.1, 0.15) is 16.7 Å². The van der Waals surface area contributed by atoms with Crippen LogP contribution < -0.4 is 4.74 Å². The van der Waals surface area contributed by atoms with E-state index in [-0.39, 0.29) is 18.3 Å². The van der Waals surface area contributed by atoms with Crippen molar-refractivity contribution >= 4 is 23.2 Å². The van der Waals surface area contributed by atoms with Crippen molar-refractivity contribution in [3.05, 3.63) is 63.9 Å². The first-order chi connectivity index (χ1) is 9.63. The van der Waals surface area contributed by atoms with E-state index in [2.05, 4.69) is 0 Å². The molecular formula is C15H10Cl2FNO. The molecule has 2 aromatic rings. The molecule has 2 aromatic carbocycles. The van der Waals surface area contributed by atoms with Gasteiger partial charge < -0.3 is 4.74 Å². The van der Waals surface area contributed by atoms with Gasteiger partial charge in [0.15, 0.2) is 0 Å². The molecule has 0 aromatic heterocycles. The molecule has 0 saturated heterocycles. The van der Waals surface area contributed by atoms with Crippen molar-refractivity contribution in [1.29, 1.82) is 5.26 Å². The van der Waals surface area contributed by atoms with Crippen LogP contribution in [0.3, 0.4) is 0 Å². The predicted molar refractivity (Wildman–Crippen MR) is 76.5 cm³/mol. The fourth-order valence-electron chi connectivity index (χ4n) is 1.68. The van der Waals surface area contributed by atoms with Crippen LogP contribution in [0.2, 0.25) is 5.02 Å². The molecule has 0 N–H and O–H groups in total. The fraction of sp³-hybridized carbons (Fsp3) is 0.133. The number of nitrogens with zero attached hydrogens (tertiary/aromatic N) is 1. The van der Waals surface area contributed by atoms with Gasteiger partial charge >= 0.3 is 0 Å². The average molecular weight is 310 g/mol. The first kappa shape index (κ1) is 14.6. The monoisotopic (exact) mass is 309 g/mol. The van der Waals surface area contributed by atoms with Crippen LogP contribution in [0.5, 0.6) is 5.75 Å². The van der Waals surface area contributed by atoms with Gasteiger partial charge in [-0.1, -0.05) is 17.7 Å². The number of alkyl halides is 1. The SMILES string of the molecule is N#Cc1ccc(COc2ccc(F)cc2CCl)c(Cl)c1. The van der Waals surface area contributed by atoms with Crippen molar-refractivity contribution in [3.63, 3.8) is 0 Å². The molecule has 102 valence electrons. The van der Waals surface area contributed by atoms with Crippen LogP contribution in [0.4, 0.5) is 4.39 Å².